The molecule has 0 aromatic heterocycles. The zero-order chi connectivity index (χ0) is 15.6. The van der Waals surface area contributed by atoms with Gasteiger partial charge >= 0.3 is 0 Å². The minimum absolute atomic E-state index is 0.0878. The molecule has 2 atom stereocenters. The van der Waals surface area contributed by atoms with E-state index in [4.69, 9.17) is 0 Å². The average molecular weight is 314 g/mol. The van der Waals surface area contributed by atoms with Crippen LogP contribution in [0, 0.1) is 11.7 Å². The predicted octanol–water partition coefficient (Wildman–Crippen LogP) is 2.35. The van der Waals surface area contributed by atoms with Gasteiger partial charge in [0.05, 0.1) is 0 Å². The Bertz CT molecular complexity index is 604. The summed E-state index contributed by atoms with van der Waals surface area (Å²) < 4.78 is 41.0. The smallest absolute Gasteiger partial charge is 0.246 e. The van der Waals surface area contributed by atoms with Crippen LogP contribution in [-0.4, -0.2) is 32.4 Å². The molecule has 4 nitrogen and oxygen atoms in total. The van der Waals surface area contributed by atoms with Crippen molar-refractivity contribution in [3.05, 3.63) is 29.6 Å². The second-order valence-electron chi connectivity index (χ2n) is 5.89. The Balaban J connectivity index is 2.31. The van der Waals surface area contributed by atoms with Crippen molar-refractivity contribution in [2.75, 3.05) is 13.6 Å². The number of benzene rings is 1. The quantitative estimate of drug-likeness (QED) is 0.928. The monoisotopic (exact) mass is 314 g/mol. The number of nitrogens with zero attached hydrogens (tertiary/aromatic N) is 1. The summed E-state index contributed by atoms with van der Waals surface area (Å²) in [6, 6.07) is 4.24. The first-order valence-electron chi connectivity index (χ1n) is 7.31. The van der Waals surface area contributed by atoms with E-state index in [-0.39, 0.29) is 10.9 Å². The van der Waals surface area contributed by atoms with Gasteiger partial charge in [-0.05, 0) is 50.4 Å². The third-order valence-electron chi connectivity index (χ3n) is 4.04. The first kappa shape index (κ1) is 16.4. The van der Waals surface area contributed by atoms with Gasteiger partial charge in [0.25, 0.3) is 0 Å². The molecule has 118 valence electrons. The van der Waals surface area contributed by atoms with Crippen LogP contribution in [0.15, 0.2) is 23.1 Å². The molecule has 1 aromatic rings. The minimum atomic E-state index is -3.76. The minimum Gasteiger partial charge on any atom is -0.316 e. The van der Waals surface area contributed by atoms with Gasteiger partial charge in [0.2, 0.25) is 10.0 Å². The molecule has 6 heteroatoms. The van der Waals surface area contributed by atoms with Crippen LogP contribution in [0.2, 0.25) is 0 Å². The molecule has 0 radical (unpaired) electrons. The molecule has 1 saturated heterocycles. The standard InChI is InChI=1S/C15H23FN2O2S/c1-11-6-7-18(12(2)8-11)21(19,20)15-5-4-13(10-17-3)9-14(15)16/h4-5,9,11-12,17H,6-8,10H2,1-3H3. The molecule has 2 unspecified atom stereocenters. The summed E-state index contributed by atoms with van der Waals surface area (Å²) in [6.07, 6.45) is 1.64. The lowest BCUT2D eigenvalue weighted by Gasteiger charge is -2.35. The molecule has 1 N–H and O–H groups in total. The third kappa shape index (κ3) is 3.44. The van der Waals surface area contributed by atoms with E-state index in [9.17, 15) is 12.8 Å². The van der Waals surface area contributed by atoms with Crippen molar-refractivity contribution in [3.8, 4) is 0 Å². The van der Waals surface area contributed by atoms with Gasteiger partial charge in [0, 0.05) is 19.1 Å². The normalized spacial score (nSPS) is 24.2. The summed E-state index contributed by atoms with van der Waals surface area (Å²) in [4.78, 5) is -0.219. The van der Waals surface area contributed by atoms with Crippen LogP contribution in [0.1, 0.15) is 32.3 Å². The van der Waals surface area contributed by atoms with E-state index in [1.165, 1.54) is 16.4 Å². The number of halogens is 1. The van der Waals surface area contributed by atoms with Gasteiger partial charge in [-0.3, -0.25) is 0 Å². The van der Waals surface area contributed by atoms with Crippen LogP contribution in [-0.2, 0) is 16.6 Å². The number of sulfonamides is 1. The summed E-state index contributed by atoms with van der Waals surface area (Å²) >= 11 is 0. The van der Waals surface area contributed by atoms with Crippen LogP contribution in [0.3, 0.4) is 0 Å². The van der Waals surface area contributed by atoms with E-state index in [0.717, 1.165) is 18.4 Å². The second kappa shape index (κ2) is 6.42. The SMILES string of the molecule is CNCc1ccc(S(=O)(=O)N2CCC(C)CC2C)c(F)c1. The average Bonchev–Trinajstić information content (AvgIpc) is 2.38. The Labute approximate surface area is 126 Å². The Kier molecular flexibility index (Phi) is 5.01. The third-order valence-corrected chi connectivity index (χ3v) is 6.09. The van der Waals surface area contributed by atoms with Crippen molar-refractivity contribution < 1.29 is 12.8 Å². The van der Waals surface area contributed by atoms with E-state index >= 15 is 0 Å². The van der Waals surface area contributed by atoms with Gasteiger partial charge in [0.15, 0.2) is 0 Å². The van der Waals surface area contributed by atoms with Crippen LogP contribution < -0.4 is 5.32 Å². The Hall–Kier alpha value is -0.980. The fourth-order valence-corrected chi connectivity index (χ4v) is 4.64. The topological polar surface area (TPSA) is 49.4 Å². The highest BCUT2D eigenvalue weighted by Gasteiger charge is 2.34. The fraction of sp³-hybridized carbons (Fsp3) is 0.600. The Morgan fingerprint density at radius 2 is 2.10 bits per heavy atom. The highest BCUT2D eigenvalue weighted by Crippen LogP contribution is 2.29. The number of hydrogen-bond acceptors (Lipinski definition) is 3. The molecule has 0 spiro atoms. The number of nitrogens with one attached hydrogen (secondary N) is 1. The van der Waals surface area contributed by atoms with Crippen LogP contribution in [0.5, 0.6) is 0 Å². The molecule has 2 rings (SSSR count). The summed E-state index contributed by atoms with van der Waals surface area (Å²) in [5, 5.41) is 2.92. The molecular formula is C15H23FN2O2S. The van der Waals surface area contributed by atoms with E-state index in [0.29, 0.717) is 19.0 Å². The molecule has 21 heavy (non-hydrogen) atoms. The van der Waals surface area contributed by atoms with Crippen LogP contribution in [0.4, 0.5) is 4.39 Å². The van der Waals surface area contributed by atoms with Crippen molar-refractivity contribution in [1.29, 1.82) is 0 Å². The lowest BCUT2D eigenvalue weighted by atomic mass is 9.95. The summed E-state index contributed by atoms with van der Waals surface area (Å²) in [6.45, 7) is 4.98. The van der Waals surface area contributed by atoms with Gasteiger partial charge in [-0.2, -0.15) is 4.31 Å². The van der Waals surface area contributed by atoms with Crippen molar-refractivity contribution in [3.63, 3.8) is 0 Å². The lowest BCUT2D eigenvalue weighted by Crippen LogP contribution is -2.44. The zero-order valence-corrected chi connectivity index (χ0v) is 13.6. The summed E-state index contributed by atoms with van der Waals surface area (Å²) in [5.74, 6) is -0.164. The number of hydrogen-bond donors (Lipinski definition) is 1. The highest BCUT2D eigenvalue weighted by molar-refractivity contribution is 7.89. The molecule has 0 amide bonds. The Morgan fingerprint density at radius 3 is 2.67 bits per heavy atom. The maximum atomic E-state index is 14.2. The number of piperidine rings is 1. The van der Waals surface area contributed by atoms with Crippen molar-refractivity contribution in [2.45, 2.75) is 44.2 Å². The van der Waals surface area contributed by atoms with Crippen LogP contribution in [0.25, 0.3) is 0 Å². The van der Waals surface area contributed by atoms with Crippen molar-refractivity contribution in [1.82, 2.24) is 9.62 Å². The maximum absolute atomic E-state index is 14.2. The predicted molar refractivity (Wildman–Crippen MR) is 80.9 cm³/mol. The van der Waals surface area contributed by atoms with Gasteiger partial charge in [0.1, 0.15) is 10.7 Å². The van der Waals surface area contributed by atoms with Gasteiger partial charge < -0.3 is 5.32 Å². The molecule has 1 aromatic carbocycles. The fourth-order valence-electron chi connectivity index (χ4n) is 2.94. The van der Waals surface area contributed by atoms with E-state index in [1.54, 1.807) is 13.1 Å². The summed E-state index contributed by atoms with van der Waals surface area (Å²) in [7, 11) is -2.00. The summed E-state index contributed by atoms with van der Waals surface area (Å²) in [5.41, 5.74) is 0.731. The highest BCUT2D eigenvalue weighted by atomic mass is 32.2. The van der Waals surface area contributed by atoms with E-state index in [2.05, 4.69) is 12.2 Å². The molecule has 0 aliphatic carbocycles. The van der Waals surface area contributed by atoms with Crippen molar-refractivity contribution >= 4 is 10.0 Å². The second-order valence-corrected chi connectivity index (χ2v) is 7.75. The molecule has 0 saturated carbocycles. The van der Waals surface area contributed by atoms with Gasteiger partial charge in [-0.25, -0.2) is 12.8 Å². The molecular weight excluding hydrogens is 291 g/mol. The molecule has 1 fully saturated rings. The Morgan fingerprint density at radius 1 is 1.38 bits per heavy atom. The first-order chi connectivity index (χ1) is 9.86. The molecule has 1 aliphatic heterocycles. The zero-order valence-electron chi connectivity index (χ0n) is 12.8. The molecule has 1 heterocycles. The first-order valence-corrected chi connectivity index (χ1v) is 8.75. The maximum Gasteiger partial charge on any atom is 0.246 e. The van der Waals surface area contributed by atoms with E-state index < -0.39 is 15.8 Å². The van der Waals surface area contributed by atoms with Crippen molar-refractivity contribution in [2.24, 2.45) is 5.92 Å². The van der Waals surface area contributed by atoms with E-state index in [1.807, 2.05) is 6.92 Å². The lowest BCUT2D eigenvalue weighted by molar-refractivity contribution is 0.219. The van der Waals surface area contributed by atoms with Gasteiger partial charge in [-0.1, -0.05) is 13.0 Å². The molecule has 0 bridgehead atoms. The largest absolute Gasteiger partial charge is 0.316 e. The number of rotatable bonds is 4. The van der Waals surface area contributed by atoms with Gasteiger partial charge in [-0.15, -0.1) is 0 Å². The van der Waals surface area contributed by atoms with Crippen LogP contribution >= 0.6 is 0 Å². The molecule has 1 aliphatic rings.